The lowest BCUT2D eigenvalue weighted by molar-refractivity contribution is -0.116. The van der Waals surface area contributed by atoms with Crippen LogP contribution in [-0.4, -0.2) is 34.0 Å². The van der Waals surface area contributed by atoms with Gasteiger partial charge in [-0.05, 0) is 55.8 Å². The number of furan rings is 1. The lowest BCUT2D eigenvalue weighted by atomic mass is 10.1. The number of aryl methyl sites for hydroxylation is 1. The summed E-state index contributed by atoms with van der Waals surface area (Å²) in [5.74, 6) is 1.28. The minimum absolute atomic E-state index is 0.0760. The zero-order chi connectivity index (χ0) is 19.2. The number of hydrogen-bond acceptors (Lipinski definition) is 6. The van der Waals surface area contributed by atoms with Gasteiger partial charge >= 0.3 is 0 Å². The molecular formula is C21H24N4O3. The minimum atomic E-state index is -0.0760. The Morgan fingerprint density at radius 3 is 2.86 bits per heavy atom. The Balaban J connectivity index is 1.28. The predicted octanol–water partition coefficient (Wildman–Crippen LogP) is 3.89. The summed E-state index contributed by atoms with van der Waals surface area (Å²) in [5, 5.41) is 6.83. The molecular weight excluding hydrogens is 356 g/mol. The molecule has 0 unspecified atom stereocenters. The van der Waals surface area contributed by atoms with E-state index < -0.39 is 0 Å². The van der Waals surface area contributed by atoms with E-state index in [4.69, 9.17) is 8.94 Å². The molecule has 1 aromatic carbocycles. The van der Waals surface area contributed by atoms with Gasteiger partial charge in [0.05, 0.1) is 6.26 Å². The maximum Gasteiger partial charge on any atom is 0.238 e. The number of nitrogens with one attached hydrogen (secondary N) is 1. The number of aromatic nitrogens is 2. The Bertz CT molecular complexity index is 898. The summed E-state index contributed by atoms with van der Waals surface area (Å²) < 4.78 is 10.4. The molecule has 0 radical (unpaired) electrons. The Kier molecular flexibility index (Phi) is 5.82. The lowest BCUT2D eigenvalue weighted by Gasteiger charge is -2.26. The maximum absolute atomic E-state index is 12.3. The van der Waals surface area contributed by atoms with Gasteiger partial charge in [0.2, 0.25) is 17.6 Å². The first-order chi connectivity index (χ1) is 13.8. The van der Waals surface area contributed by atoms with E-state index in [-0.39, 0.29) is 12.3 Å². The summed E-state index contributed by atoms with van der Waals surface area (Å²) in [6.07, 6.45) is 6.08. The van der Waals surface area contributed by atoms with Gasteiger partial charge in [0, 0.05) is 25.1 Å². The van der Waals surface area contributed by atoms with Crippen molar-refractivity contribution in [2.45, 2.75) is 38.6 Å². The number of nitrogens with zero attached hydrogens (tertiary/aromatic N) is 3. The van der Waals surface area contributed by atoms with Gasteiger partial charge in [-0.25, -0.2) is 0 Å². The van der Waals surface area contributed by atoms with Crippen LogP contribution in [0.4, 0.5) is 5.69 Å². The Morgan fingerprint density at radius 1 is 1.14 bits per heavy atom. The second kappa shape index (κ2) is 8.84. The monoisotopic (exact) mass is 380 g/mol. The third kappa shape index (κ3) is 4.86. The first kappa shape index (κ1) is 18.4. The lowest BCUT2D eigenvalue weighted by Crippen LogP contribution is -2.29. The fourth-order valence-electron chi connectivity index (χ4n) is 3.43. The first-order valence-corrected chi connectivity index (χ1v) is 9.74. The van der Waals surface area contributed by atoms with Crippen LogP contribution in [0.3, 0.4) is 0 Å². The second-order valence-electron chi connectivity index (χ2n) is 7.07. The fourth-order valence-corrected chi connectivity index (χ4v) is 3.43. The van der Waals surface area contributed by atoms with Crippen LogP contribution in [0.1, 0.15) is 37.1 Å². The van der Waals surface area contributed by atoms with Crippen molar-refractivity contribution in [3.8, 4) is 11.6 Å². The van der Waals surface area contributed by atoms with Gasteiger partial charge < -0.3 is 14.3 Å². The highest BCUT2D eigenvalue weighted by atomic mass is 16.5. The number of likely N-dealkylation sites (tertiary alicyclic amines) is 1. The number of carbonyl (C=O) groups excluding carboxylic acids is 1. The van der Waals surface area contributed by atoms with Gasteiger partial charge in [0.15, 0.2) is 5.76 Å². The molecule has 0 atom stereocenters. The van der Waals surface area contributed by atoms with Gasteiger partial charge in [-0.15, -0.1) is 0 Å². The SMILES string of the molecule is O=C(CCc1nc(-c2ccco2)no1)Nc1cccc(CN2CCCCC2)c1. The van der Waals surface area contributed by atoms with E-state index >= 15 is 0 Å². The highest BCUT2D eigenvalue weighted by Gasteiger charge is 2.13. The van der Waals surface area contributed by atoms with E-state index in [1.54, 1.807) is 18.4 Å². The molecule has 0 bridgehead atoms. The minimum Gasteiger partial charge on any atom is -0.461 e. The molecule has 28 heavy (non-hydrogen) atoms. The van der Waals surface area contributed by atoms with Gasteiger partial charge in [-0.1, -0.05) is 23.7 Å². The molecule has 0 spiro atoms. The predicted molar refractivity (Wildman–Crippen MR) is 105 cm³/mol. The van der Waals surface area contributed by atoms with Crippen LogP contribution in [-0.2, 0) is 17.8 Å². The molecule has 0 aliphatic carbocycles. The average Bonchev–Trinajstić information content (AvgIpc) is 3.39. The van der Waals surface area contributed by atoms with Gasteiger partial charge in [-0.3, -0.25) is 9.69 Å². The number of hydrogen-bond donors (Lipinski definition) is 1. The van der Waals surface area contributed by atoms with Crippen LogP contribution in [0.25, 0.3) is 11.6 Å². The van der Waals surface area contributed by atoms with Crippen molar-refractivity contribution in [2.75, 3.05) is 18.4 Å². The molecule has 1 aliphatic heterocycles. The summed E-state index contributed by atoms with van der Waals surface area (Å²) in [6.45, 7) is 3.24. The number of carbonyl (C=O) groups is 1. The molecule has 0 saturated carbocycles. The van der Waals surface area contributed by atoms with Gasteiger partial charge in [0.1, 0.15) is 0 Å². The number of benzene rings is 1. The van der Waals surface area contributed by atoms with Crippen molar-refractivity contribution >= 4 is 11.6 Å². The molecule has 4 rings (SSSR count). The Labute approximate surface area is 163 Å². The number of amides is 1. The summed E-state index contributed by atoms with van der Waals surface area (Å²) in [4.78, 5) is 19.0. The molecule has 2 aromatic heterocycles. The summed E-state index contributed by atoms with van der Waals surface area (Å²) >= 11 is 0. The third-order valence-electron chi connectivity index (χ3n) is 4.84. The topological polar surface area (TPSA) is 84.4 Å². The quantitative estimate of drug-likeness (QED) is 0.669. The largest absolute Gasteiger partial charge is 0.461 e. The van der Waals surface area contributed by atoms with Crippen molar-refractivity contribution in [1.82, 2.24) is 15.0 Å². The Hall–Kier alpha value is -2.93. The molecule has 1 N–H and O–H groups in total. The van der Waals surface area contributed by atoms with Crippen molar-refractivity contribution in [3.63, 3.8) is 0 Å². The van der Waals surface area contributed by atoms with Crippen molar-refractivity contribution < 1.29 is 13.7 Å². The number of rotatable bonds is 7. The zero-order valence-electron chi connectivity index (χ0n) is 15.8. The van der Waals surface area contributed by atoms with Crippen molar-refractivity contribution in [1.29, 1.82) is 0 Å². The summed E-state index contributed by atoms with van der Waals surface area (Å²) in [7, 11) is 0. The van der Waals surface area contributed by atoms with E-state index in [9.17, 15) is 4.79 Å². The molecule has 1 saturated heterocycles. The molecule has 3 heterocycles. The molecule has 1 fully saturated rings. The first-order valence-electron chi connectivity index (χ1n) is 9.74. The van der Waals surface area contributed by atoms with E-state index in [1.807, 2.05) is 18.2 Å². The zero-order valence-corrected chi connectivity index (χ0v) is 15.8. The number of anilines is 1. The molecule has 1 aliphatic rings. The van der Waals surface area contributed by atoms with Crippen LogP contribution in [0.5, 0.6) is 0 Å². The molecule has 146 valence electrons. The molecule has 7 nitrogen and oxygen atoms in total. The van der Waals surface area contributed by atoms with Crippen LogP contribution >= 0.6 is 0 Å². The van der Waals surface area contributed by atoms with Crippen molar-refractivity contribution in [2.24, 2.45) is 0 Å². The van der Waals surface area contributed by atoms with E-state index in [0.717, 1.165) is 25.3 Å². The van der Waals surface area contributed by atoms with Crippen LogP contribution in [0, 0.1) is 0 Å². The Morgan fingerprint density at radius 2 is 2.04 bits per heavy atom. The standard InChI is InChI=1S/C21H24N4O3/c26-19(9-10-20-23-21(24-28-20)18-8-5-13-27-18)22-17-7-4-6-16(14-17)15-25-11-2-1-3-12-25/h4-8,13-14H,1-3,9-12,15H2,(H,22,26). The van der Waals surface area contributed by atoms with Gasteiger partial charge in [-0.2, -0.15) is 4.98 Å². The average molecular weight is 380 g/mol. The van der Waals surface area contributed by atoms with Crippen LogP contribution < -0.4 is 5.32 Å². The smallest absolute Gasteiger partial charge is 0.238 e. The van der Waals surface area contributed by atoms with Gasteiger partial charge in [0.25, 0.3) is 0 Å². The van der Waals surface area contributed by atoms with E-state index in [2.05, 4.69) is 26.4 Å². The van der Waals surface area contributed by atoms with Crippen molar-refractivity contribution in [3.05, 3.63) is 54.1 Å². The molecule has 3 aromatic rings. The third-order valence-corrected chi connectivity index (χ3v) is 4.84. The normalized spacial score (nSPS) is 14.9. The highest BCUT2D eigenvalue weighted by Crippen LogP contribution is 2.18. The number of piperidine rings is 1. The van der Waals surface area contributed by atoms with Crippen LogP contribution in [0.15, 0.2) is 51.6 Å². The molecule has 1 amide bonds. The second-order valence-corrected chi connectivity index (χ2v) is 7.07. The fraction of sp³-hybridized carbons (Fsp3) is 0.381. The summed E-state index contributed by atoms with van der Waals surface area (Å²) in [5.41, 5.74) is 2.04. The maximum atomic E-state index is 12.3. The van der Waals surface area contributed by atoms with Crippen LogP contribution in [0.2, 0.25) is 0 Å². The highest BCUT2D eigenvalue weighted by molar-refractivity contribution is 5.90. The summed E-state index contributed by atoms with van der Waals surface area (Å²) in [6, 6.07) is 11.6. The van der Waals surface area contributed by atoms with E-state index in [1.165, 1.54) is 24.8 Å². The van der Waals surface area contributed by atoms with E-state index in [0.29, 0.717) is 23.9 Å². The molecule has 7 heteroatoms.